The van der Waals surface area contributed by atoms with Crippen LogP contribution in [0.25, 0.3) is 0 Å². The molecule has 8 heteroatoms. The van der Waals surface area contributed by atoms with Crippen LogP contribution >= 0.6 is 27.5 Å². The Morgan fingerprint density at radius 3 is 2.88 bits per heavy atom. The monoisotopic (exact) mass is 342 g/mol. The van der Waals surface area contributed by atoms with Crippen LogP contribution in [0.1, 0.15) is 0 Å². The number of nitrogens with one attached hydrogen (secondary N) is 1. The van der Waals surface area contributed by atoms with E-state index in [0.717, 1.165) is 0 Å². The third-order valence-electron chi connectivity index (χ3n) is 1.83. The van der Waals surface area contributed by atoms with Crippen molar-refractivity contribution in [3.05, 3.63) is 22.9 Å². The van der Waals surface area contributed by atoms with E-state index in [1.54, 1.807) is 0 Å². The topological polar surface area (TPSA) is 68.3 Å². The highest BCUT2D eigenvalue weighted by molar-refractivity contribution is 9.10. The average molecular weight is 344 g/mol. The van der Waals surface area contributed by atoms with Crippen molar-refractivity contribution >= 4 is 37.6 Å². The molecule has 1 aromatic heterocycles. The van der Waals surface area contributed by atoms with E-state index in [0.29, 0.717) is 4.47 Å². The molecule has 1 N–H and O–H groups in total. The van der Waals surface area contributed by atoms with Gasteiger partial charge >= 0.3 is 0 Å². The minimum atomic E-state index is -3.58. The minimum Gasteiger partial charge on any atom is -0.383 e. The van der Waals surface area contributed by atoms with Crippen molar-refractivity contribution in [2.75, 3.05) is 20.3 Å². The molecule has 1 heterocycles. The smallest absolute Gasteiger partial charge is 0.242 e. The Morgan fingerprint density at radius 1 is 1.59 bits per heavy atom. The zero-order chi connectivity index (χ0) is 12.9. The van der Waals surface area contributed by atoms with Crippen LogP contribution < -0.4 is 4.72 Å². The number of hydrogen-bond donors (Lipinski definition) is 1. The Labute approximate surface area is 114 Å². The van der Waals surface area contributed by atoms with Gasteiger partial charge < -0.3 is 4.74 Å². The number of ether oxygens (including phenoxy) is 1. The highest BCUT2D eigenvalue weighted by atomic mass is 79.9. The normalized spacial score (nSPS) is 13.6. The number of aromatic nitrogens is 1. The van der Waals surface area contributed by atoms with Gasteiger partial charge in [-0.1, -0.05) is 0 Å². The van der Waals surface area contributed by atoms with E-state index in [2.05, 4.69) is 25.6 Å². The van der Waals surface area contributed by atoms with Crippen molar-refractivity contribution in [3.8, 4) is 0 Å². The molecule has 0 saturated carbocycles. The third kappa shape index (κ3) is 4.89. The maximum absolute atomic E-state index is 11.8. The lowest BCUT2D eigenvalue weighted by molar-refractivity contribution is 0.198. The van der Waals surface area contributed by atoms with Gasteiger partial charge in [0.05, 0.1) is 12.0 Å². The highest BCUT2D eigenvalue weighted by Gasteiger charge is 2.16. The lowest BCUT2D eigenvalue weighted by Gasteiger charge is -2.10. The molecule has 0 amide bonds. The van der Waals surface area contributed by atoms with Gasteiger partial charge in [0.15, 0.2) is 0 Å². The molecular weight excluding hydrogens is 332 g/mol. The SMILES string of the molecule is COCC(Cl)CNS(=O)(=O)c1cncc(Br)c1. The largest absolute Gasteiger partial charge is 0.383 e. The Kier molecular flexibility index (Phi) is 5.81. The molecule has 0 fully saturated rings. The van der Waals surface area contributed by atoms with Crippen LogP contribution in [0.5, 0.6) is 0 Å². The summed E-state index contributed by atoms with van der Waals surface area (Å²) in [4.78, 5) is 3.88. The molecule has 0 saturated heterocycles. The van der Waals surface area contributed by atoms with Crippen LogP contribution in [-0.2, 0) is 14.8 Å². The molecule has 0 aliphatic rings. The summed E-state index contributed by atoms with van der Waals surface area (Å²) in [5.74, 6) is 0. The minimum absolute atomic E-state index is 0.0909. The van der Waals surface area contributed by atoms with Crippen molar-refractivity contribution in [1.82, 2.24) is 9.71 Å². The molecule has 0 aliphatic heterocycles. The molecule has 5 nitrogen and oxygen atoms in total. The lowest BCUT2D eigenvalue weighted by Crippen LogP contribution is -2.31. The summed E-state index contributed by atoms with van der Waals surface area (Å²) >= 11 is 8.99. The summed E-state index contributed by atoms with van der Waals surface area (Å²) in [6.45, 7) is 0.380. The number of alkyl halides is 1. The number of halogens is 2. The van der Waals surface area contributed by atoms with E-state index in [1.807, 2.05) is 0 Å². The summed E-state index contributed by atoms with van der Waals surface area (Å²) < 4.78 is 31.4. The summed E-state index contributed by atoms with van der Waals surface area (Å²) in [6.07, 6.45) is 2.78. The van der Waals surface area contributed by atoms with Crippen molar-refractivity contribution < 1.29 is 13.2 Å². The molecule has 1 rings (SSSR count). The zero-order valence-electron chi connectivity index (χ0n) is 9.06. The quantitative estimate of drug-likeness (QED) is 0.792. The maximum Gasteiger partial charge on any atom is 0.242 e. The first-order valence-corrected chi connectivity index (χ1v) is 7.40. The summed E-state index contributed by atoms with van der Waals surface area (Å²) in [6, 6.07) is 1.47. The molecule has 0 aliphatic carbocycles. The zero-order valence-corrected chi connectivity index (χ0v) is 12.2. The summed E-state index contributed by atoms with van der Waals surface area (Å²) in [5.41, 5.74) is 0. The maximum atomic E-state index is 11.8. The van der Waals surface area contributed by atoms with Crippen LogP contribution in [0.3, 0.4) is 0 Å². The fraction of sp³-hybridized carbons (Fsp3) is 0.444. The number of methoxy groups -OCH3 is 1. The van der Waals surface area contributed by atoms with E-state index in [-0.39, 0.29) is 18.0 Å². The molecule has 17 heavy (non-hydrogen) atoms. The first-order chi connectivity index (χ1) is 7.95. The van der Waals surface area contributed by atoms with Crippen molar-refractivity contribution in [2.24, 2.45) is 0 Å². The Morgan fingerprint density at radius 2 is 2.29 bits per heavy atom. The molecular formula is C9H12BrClN2O3S. The molecule has 0 aromatic carbocycles. The molecule has 1 unspecified atom stereocenters. The molecule has 1 atom stereocenters. The van der Waals surface area contributed by atoms with E-state index in [9.17, 15) is 8.42 Å². The lowest BCUT2D eigenvalue weighted by atomic mass is 10.5. The first kappa shape index (κ1) is 14.8. The second-order valence-electron chi connectivity index (χ2n) is 3.24. The van der Waals surface area contributed by atoms with Crippen LogP contribution in [0.2, 0.25) is 0 Å². The van der Waals surface area contributed by atoms with Gasteiger partial charge in [-0.25, -0.2) is 13.1 Å². The fourth-order valence-electron chi connectivity index (χ4n) is 1.06. The molecule has 1 aromatic rings. The van der Waals surface area contributed by atoms with Crippen molar-refractivity contribution in [2.45, 2.75) is 10.3 Å². The van der Waals surface area contributed by atoms with Crippen molar-refractivity contribution in [1.29, 1.82) is 0 Å². The van der Waals surface area contributed by atoms with Gasteiger partial charge in [0.25, 0.3) is 0 Å². The standard InChI is InChI=1S/C9H12BrClN2O3S/c1-16-6-8(11)4-13-17(14,15)9-2-7(10)3-12-5-9/h2-3,5,8,13H,4,6H2,1H3. The predicted molar refractivity (Wildman–Crippen MR) is 68.6 cm³/mol. The molecule has 0 spiro atoms. The van der Waals surface area contributed by atoms with Crippen molar-refractivity contribution in [3.63, 3.8) is 0 Å². The average Bonchev–Trinajstić information content (AvgIpc) is 2.27. The highest BCUT2D eigenvalue weighted by Crippen LogP contribution is 2.14. The van der Waals surface area contributed by atoms with E-state index in [4.69, 9.17) is 16.3 Å². The Bertz CT molecular complexity index is 469. The number of rotatable bonds is 6. The molecule has 96 valence electrons. The first-order valence-electron chi connectivity index (χ1n) is 4.69. The van der Waals surface area contributed by atoms with Crippen LogP contribution in [0.15, 0.2) is 27.8 Å². The van der Waals surface area contributed by atoms with Crippen LogP contribution in [0.4, 0.5) is 0 Å². The molecule has 0 bridgehead atoms. The van der Waals surface area contributed by atoms with Gasteiger partial charge in [0, 0.05) is 30.5 Å². The fourth-order valence-corrected chi connectivity index (χ4v) is 2.94. The number of nitrogens with zero attached hydrogens (tertiary/aromatic N) is 1. The van der Waals surface area contributed by atoms with Gasteiger partial charge in [0.2, 0.25) is 10.0 Å². The third-order valence-corrected chi connectivity index (χ3v) is 3.94. The van der Waals surface area contributed by atoms with Gasteiger partial charge in [-0.05, 0) is 22.0 Å². The second-order valence-corrected chi connectivity index (χ2v) is 6.54. The number of sulfonamides is 1. The summed E-state index contributed by atoms with van der Waals surface area (Å²) in [7, 11) is -2.08. The van der Waals surface area contributed by atoms with Crippen LogP contribution in [-0.4, -0.2) is 39.0 Å². The van der Waals surface area contributed by atoms with E-state index >= 15 is 0 Å². The van der Waals surface area contributed by atoms with E-state index < -0.39 is 15.4 Å². The van der Waals surface area contributed by atoms with Gasteiger partial charge in [0.1, 0.15) is 4.90 Å². The van der Waals surface area contributed by atoms with Gasteiger partial charge in [-0.3, -0.25) is 4.98 Å². The summed E-state index contributed by atoms with van der Waals surface area (Å²) in [5, 5.41) is -0.408. The Hall–Kier alpha value is -0.210. The Balaban J connectivity index is 2.69. The predicted octanol–water partition coefficient (Wildman–Crippen LogP) is 1.38. The number of pyridine rings is 1. The molecule has 0 radical (unpaired) electrons. The number of hydrogen-bond acceptors (Lipinski definition) is 4. The van der Waals surface area contributed by atoms with Crippen LogP contribution in [0, 0.1) is 0 Å². The van der Waals surface area contributed by atoms with Gasteiger partial charge in [-0.15, -0.1) is 11.6 Å². The second kappa shape index (κ2) is 6.65. The van der Waals surface area contributed by atoms with E-state index in [1.165, 1.54) is 25.6 Å². The van der Waals surface area contributed by atoms with Gasteiger partial charge in [-0.2, -0.15) is 0 Å².